The van der Waals surface area contributed by atoms with Crippen LogP contribution in [-0.2, 0) is 4.79 Å². The fraction of sp³-hybridized carbons (Fsp3) is 0.533. The summed E-state index contributed by atoms with van der Waals surface area (Å²) >= 11 is 0. The first kappa shape index (κ1) is 13.5. The molecule has 2 aliphatic heterocycles. The molecule has 20 heavy (non-hydrogen) atoms. The van der Waals surface area contributed by atoms with Gasteiger partial charge in [-0.1, -0.05) is 18.2 Å². The first-order valence-electron chi connectivity index (χ1n) is 7.09. The lowest BCUT2D eigenvalue weighted by Gasteiger charge is -2.30. The van der Waals surface area contributed by atoms with Gasteiger partial charge in [0.15, 0.2) is 0 Å². The summed E-state index contributed by atoms with van der Waals surface area (Å²) in [6, 6.07) is 6.59. The molecule has 0 aliphatic carbocycles. The molecule has 1 N–H and O–H groups in total. The number of carbonyl (C=O) groups excluding carboxylic acids is 1. The standard InChI is InChI=1S/C15H20FN3O/c1-10-15(20)19(11-7-8-18(2)9-11)14(17-10)12-5-3-4-6-13(12)16/h3-6,10-11,14,17H,7-9H2,1-2H3. The van der Waals surface area contributed by atoms with E-state index in [1.165, 1.54) is 6.07 Å². The molecule has 0 aromatic heterocycles. The Kier molecular flexibility index (Phi) is 3.48. The SMILES string of the molecule is CC1NC(c2ccccc2F)N(C2CCN(C)C2)C1=O. The summed E-state index contributed by atoms with van der Waals surface area (Å²) in [7, 11) is 2.05. The van der Waals surface area contributed by atoms with Crippen LogP contribution in [0.4, 0.5) is 4.39 Å². The van der Waals surface area contributed by atoms with E-state index >= 15 is 0 Å². The van der Waals surface area contributed by atoms with E-state index in [1.54, 1.807) is 12.1 Å². The number of likely N-dealkylation sites (N-methyl/N-ethyl adjacent to an activating group) is 1. The van der Waals surface area contributed by atoms with Gasteiger partial charge in [-0.2, -0.15) is 0 Å². The van der Waals surface area contributed by atoms with Crippen molar-refractivity contribution in [2.24, 2.45) is 0 Å². The summed E-state index contributed by atoms with van der Waals surface area (Å²) in [6.07, 6.45) is 0.594. The lowest BCUT2D eigenvalue weighted by Crippen LogP contribution is -2.41. The highest BCUT2D eigenvalue weighted by atomic mass is 19.1. The first-order valence-corrected chi connectivity index (χ1v) is 7.09. The fourth-order valence-corrected chi connectivity index (χ4v) is 3.21. The zero-order valence-corrected chi connectivity index (χ0v) is 11.8. The summed E-state index contributed by atoms with van der Waals surface area (Å²) in [6.45, 7) is 3.67. The molecule has 3 atom stereocenters. The van der Waals surface area contributed by atoms with Gasteiger partial charge in [0.05, 0.1) is 6.04 Å². The Labute approximate surface area is 118 Å². The van der Waals surface area contributed by atoms with Gasteiger partial charge < -0.3 is 9.80 Å². The molecule has 2 saturated heterocycles. The Hall–Kier alpha value is -1.46. The van der Waals surface area contributed by atoms with E-state index in [9.17, 15) is 9.18 Å². The van der Waals surface area contributed by atoms with Crippen molar-refractivity contribution in [2.45, 2.75) is 31.6 Å². The highest BCUT2D eigenvalue weighted by Crippen LogP contribution is 2.31. The number of hydrogen-bond acceptors (Lipinski definition) is 3. The molecule has 2 heterocycles. The molecule has 3 rings (SSSR count). The van der Waals surface area contributed by atoms with Gasteiger partial charge in [0, 0.05) is 18.2 Å². The van der Waals surface area contributed by atoms with E-state index < -0.39 is 0 Å². The summed E-state index contributed by atoms with van der Waals surface area (Å²) in [5.41, 5.74) is 0.555. The quantitative estimate of drug-likeness (QED) is 0.886. The first-order chi connectivity index (χ1) is 9.58. The highest BCUT2D eigenvalue weighted by molar-refractivity contribution is 5.84. The van der Waals surface area contributed by atoms with Gasteiger partial charge in [0.25, 0.3) is 0 Å². The summed E-state index contributed by atoms with van der Waals surface area (Å²) in [5, 5.41) is 3.22. The number of nitrogens with one attached hydrogen (secondary N) is 1. The van der Waals surface area contributed by atoms with Crippen LogP contribution in [0.15, 0.2) is 24.3 Å². The van der Waals surface area contributed by atoms with Gasteiger partial charge in [-0.3, -0.25) is 10.1 Å². The molecule has 3 unspecified atom stereocenters. The van der Waals surface area contributed by atoms with Crippen LogP contribution < -0.4 is 5.32 Å². The van der Waals surface area contributed by atoms with Crippen LogP contribution in [0.3, 0.4) is 0 Å². The predicted molar refractivity (Wildman–Crippen MR) is 74.5 cm³/mol. The second kappa shape index (κ2) is 5.14. The minimum Gasteiger partial charge on any atom is -0.317 e. The highest BCUT2D eigenvalue weighted by Gasteiger charge is 2.43. The normalized spacial score (nSPS) is 31.2. The van der Waals surface area contributed by atoms with Gasteiger partial charge >= 0.3 is 0 Å². The van der Waals surface area contributed by atoms with Gasteiger partial charge in [-0.25, -0.2) is 4.39 Å². The van der Waals surface area contributed by atoms with E-state index in [-0.39, 0.29) is 30.0 Å². The van der Waals surface area contributed by atoms with Crippen molar-refractivity contribution in [2.75, 3.05) is 20.1 Å². The number of hydrogen-bond donors (Lipinski definition) is 1. The monoisotopic (exact) mass is 277 g/mol. The second-order valence-corrected chi connectivity index (χ2v) is 5.76. The zero-order chi connectivity index (χ0) is 14.3. The largest absolute Gasteiger partial charge is 0.317 e. The third-order valence-electron chi connectivity index (χ3n) is 4.27. The number of amides is 1. The predicted octanol–water partition coefficient (Wildman–Crippen LogP) is 1.35. The molecular weight excluding hydrogens is 257 g/mol. The minimum atomic E-state index is -0.352. The maximum atomic E-state index is 14.0. The molecule has 5 heteroatoms. The zero-order valence-electron chi connectivity index (χ0n) is 11.8. The number of halogens is 1. The molecule has 2 aliphatic rings. The van der Waals surface area contributed by atoms with Crippen molar-refractivity contribution >= 4 is 5.91 Å². The van der Waals surface area contributed by atoms with Crippen LogP contribution >= 0.6 is 0 Å². The van der Waals surface area contributed by atoms with Gasteiger partial charge in [0.1, 0.15) is 12.0 Å². The molecule has 1 aromatic rings. The number of rotatable bonds is 2. The molecular formula is C15H20FN3O. The Morgan fingerprint density at radius 2 is 2.10 bits per heavy atom. The van der Waals surface area contributed by atoms with E-state index in [0.29, 0.717) is 5.56 Å². The Morgan fingerprint density at radius 3 is 2.75 bits per heavy atom. The van der Waals surface area contributed by atoms with Crippen molar-refractivity contribution in [1.29, 1.82) is 0 Å². The summed E-state index contributed by atoms with van der Waals surface area (Å²) < 4.78 is 14.0. The van der Waals surface area contributed by atoms with Crippen LogP contribution in [0.5, 0.6) is 0 Å². The number of likely N-dealkylation sites (tertiary alicyclic amines) is 1. The lowest BCUT2D eigenvalue weighted by atomic mass is 10.1. The smallest absolute Gasteiger partial charge is 0.241 e. The maximum absolute atomic E-state index is 14.0. The van der Waals surface area contributed by atoms with E-state index in [4.69, 9.17) is 0 Å². The Bertz CT molecular complexity index is 522. The van der Waals surface area contributed by atoms with Crippen LogP contribution in [0.1, 0.15) is 25.1 Å². The Morgan fingerprint density at radius 1 is 1.35 bits per heavy atom. The molecule has 108 valence electrons. The fourth-order valence-electron chi connectivity index (χ4n) is 3.21. The average Bonchev–Trinajstić information content (AvgIpc) is 2.95. The summed E-state index contributed by atoms with van der Waals surface area (Å²) in [5.74, 6) is -0.193. The molecule has 2 fully saturated rings. The van der Waals surface area contributed by atoms with Gasteiger partial charge in [-0.05, 0) is 33.0 Å². The number of benzene rings is 1. The van der Waals surface area contributed by atoms with Crippen molar-refractivity contribution in [3.8, 4) is 0 Å². The van der Waals surface area contributed by atoms with Crippen molar-refractivity contribution in [3.05, 3.63) is 35.6 Å². The molecule has 0 saturated carbocycles. The van der Waals surface area contributed by atoms with E-state index in [0.717, 1.165) is 19.5 Å². The maximum Gasteiger partial charge on any atom is 0.241 e. The molecule has 0 bridgehead atoms. The van der Waals surface area contributed by atoms with Gasteiger partial charge in [0.2, 0.25) is 5.91 Å². The molecule has 1 aromatic carbocycles. The van der Waals surface area contributed by atoms with Crippen LogP contribution in [0.25, 0.3) is 0 Å². The van der Waals surface area contributed by atoms with Crippen LogP contribution in [0.2, 0.25) is 0 Å². The molecule has 1 amide bonds. The summed E-state index contributed by atoms with van der Waals surface area (Å²) in [4.78, 5) is 16.5. The number of carbonyl (C=O) groups is 1. The van der Waals surface area contributed by atoms with Crippen molar-refractivity contribution < 1.29 is 9.18 Å². The second-order valence-electron chi connectivity index (χ2n) is 5.76. The van der Waals surface area contributed by atoms with E-state index in [1.807, 2.05) is 17.9 Å². The number of nitrogens with zero attached hydrogens (tertiary/aromatic N) is 2. The third kappa shape index (κ3) is 2.21. The van der Waals surface area contributed by atoms with Crippen LogP contribution in [0, 0.1) is 5.82 Å². The lowest BCUT2D eigenvalue weighted by molar-refractivity contribution is -0.131. The van der Waals surface area contributed by atoms with Crippen molar-refractivity contribution in [1.82, 2.24) is 15.1 Å². The topological polar surface area (TPSA) is 35.6 Å². The van der Waals surface area contributed by atoms with Crippen LogP contribution in [-0.4, -0.2) is 47.9 Å². The molecule has 4 nitrogen and oxygen atoms in total. The molecule has 0 radical (unpaired) electrons. The van der Waals surface area contributed by atoms with E-state index in [2.05, 4.69) is 17.3 Å². The molecule has 0 spiro atoms. The average molecular weight is 277 g/mol. The third-order valence-corrected chi connectivity index (χ3v) is 4.27. The minimum absolute atomic E-state index is 0.0681. The van der Waals surface area contributed by atoms with Crippen molar-refractivity contribution in [3.63, 3.8) is 0 Å². The van der Waals surface area contributed by atoms with Gasteiger partial charge in [-0.15, -0.1) is 0 Å². The Balaban J connectivity index is 1.92.